The molecule has 0 radical (unpaired) electrons. The number of sulfonamides is 1. The molecule has 0 bridgehead atoms. The van der Waals surface area contributed by atoms with Crippen molar-refractivity contribution in [1.29, 1.82) is 0 Å². The number of benzene rings is 2. The van der Waals surface area contributed by atoms with E-state index in [0.717, 1.165) is 29.0 Å². The highest BCUT2D eigenvalue weighted by Crippen LogP contribution is 2.44. The minimum atomic E-state index is -3.41. The minimum absolute atomic E-state index is 0.271. The van der Waals surface area contributed by atoms with E-state index in [1.807, 2.05) is 41.7 Å². The first kappa shape index (κ1) is 20.1. The van der Waals surface area contributed by atoms with Crippen LogP contribution >= 0.6 is 23.5 Å². The van der Waals surface area contributed by atoms with Crippen LogP contribution in [0.15, 0.2) is 42.5 Å². The Morgan fingerprint density at radius 1 is 1.11 bits per heavy atom. The fourth-order valence-corrected chi connectivity index (χ4v) is 6.21. The maximum Gasteiger partial charge on any atom is 0.255 e. The van der Waals surface area contributed by atoms with Crippen LogP contribution in [0.4, 0.5) is 11.4 Å². The number of hydrogen-bond acceptors (Lipinski definition) is 5. The molecule has 1 amide bonds. The lowest BCUT2D eigenvalue weighted by Gasteiger charge is -2.21. The van der Waals surface area contributed by atoms with E-state index >= 15 is 0 Å². The summed E-state index contributed by atoms with van der Waals surface area (Å²) in [6.45, 7) is 1.79. The van der Waals surface area contributed by atoms with Crippen LogP contribution in [0, 0.1) is 6.92 Å². The van der Waals surface area contributed by atoms with E-state index in [0.29, 0.717) is 15.8 Å². The predicted molar refractivity (Wildman–Crippen MR) is 116 cm³/mol. The molecule has 0 aliphatic carbocycles. The van der Waals surface area contributed by atoms with Gasteiger partial charge < -0.3 is 5.32 Å². The molecule has 1 aliphatic rings. The zero-order valence-electron chi connectivity index (χ0n) is 15.2. The van der Waals surface area contributed by atoms with Crippen LogP contribution in [0.2, 0.25) is 0 Å². The van der Waals surface area contributed by atoms with Crippen LogP contribution in [0.1, 0.15) is 32.5 Å². The summed E-state index contributed by atoms with van der Waals surface area (Å²) >= 11 is 3.87. The van der Waals surface area contributed by atoms with Crippen molar-refractivity contribution in [2.75, 3.05) is 27.8 Å². The molecule has 5 nitrogen and oxygen atoms in total. The average Bonchev–Trinajstić information content (AvgIpc) is 2.63. The van der Waals surface area contributed by atoms with Crippen LogP contribution in [-0.2, 0) is 10.0 Å². The third-order valence-electron chi connectivity index (χ3n) is 4.04. The molecule has 0 saturated carbocycles. The number of amides is 1. The van der Waals surface area contributed by atoms with Crippen molar-refractivity contribution in [1.82, 2.24) is 0 Å². The second-order valence-corrected chi connectivity index (χ2v) is 10.9. The molecule has 27 heavy (non-hydrogen) atoms. The summed E-state index contributed by atoms with van der Waals surface area (Å²) in [6.07, 6.45) is 2.32. The Balaban J connectivity index is 1.76. The third-order valence-corrected chi connectivity index (χ3v) is 7.64. The lowest BCUT2D eigenvalue weighted by Crippen LogP contribution is -2.15. The molecule has 1 heterocycles. The molecule has 8 heteroatoms. The van der Waals surface area contributed by atoms with E-state index < -0.39 is 10.0 Å². The lowest BCUT2D eigenvalue weighted by molar-refractivity contribution is 0.102. The Morgan fingerprint density at radius 2 is 1.85 bits per heavy atom. The molecule has 0 spiro atoms. The summed E-state index contributed by atoms with van der Waals surface area (Å²) in [4.78, 5) is 12.6. The standard InChI is InChI=1S/C19H22N2O3S3/c1-13-7-8-14(12-17(13)21-27(2,23)24)18(22)20-16-6-3-5-15(11-16)19-25-9-4-10-26-19/h3,5-8,11-12,19,21H,4,9-10H2,1-2H3,(H,20,22). The zero-order valence-corrected chi connectivity index (χ0v) is 17.6. The first-order valence-electron chi connectivity index (χ1n) is 8.55. The Labute approximate surface area is 168 Å². The Hall–Kier alpha value is -1.64. The molecule has 0 aromatic heterocycles. The summed E-state index contributed by atoms with van der Waals surface area (Å²) in [7, 11) is -3.41. The third kappa shape index (κ3) is 5.67. The van der Waals surface area contributed by atoms with E-state index in [2.05, 4.69) is 16.1 Å². The Morgan fingerprint density at radius 3 is 2.56 bits per heavy atom. The molecule has 144 valence electrons. The monoisotopic (exact) mass is 422 g/mol. The number of hydrogen-bond donors (Lipinski definition) is 2. The van der Waals surface area contributed by atoms with Gasteiger partial charge in [0.25, 0.3) is 5.91 Å². The van der Waals surface area contributed by atoms with Crippen molar-refractivity contribution in [2.24, 2.45) is 0 Å². The molecular formula is C19H22N2O3S3. The lowest BCUT2D eigenvalue weighted by atomic mass is 10.1. The highest BCUT2D eigenvalue weighted by molar-refractivity contribution is 8.16. The van der Waals surface area contributed by atoms with E-state index in [1.54, 1.807) is 25.1 Å². The fourth-order valence-electron chi connectivity index (χ4n) is 2.72. The van der Waals surface area contributed by atoms with Crippen LogP contribution in [0.25, 0.3) is 0 Å². The van der Waals surface area contributed by atoms with E-state index in [9.17, 15) is 13.2 Å². The number of carbonyl (C=O) groups is 1. The first-order chi connectivity index (χ1) is 12.8. The second-order valence-electron chi connectivity index (χ2n) is 6.41. The van der Waals surface area contributed by atoms with E-state index in [4.69, 9.17) is 0 Å². The van der Waals surface area contributed by atoms with Gasteiger partial charge in [-0.05, 0) is 60.2 Å². The van der Waals surface area contributed by atoms with Crippen LogP contribution in [0.5, 0.6) is 0 Å². The van der Waals surface area contributed by atoms with Gasteiger partial charge in [-0.25, -0.2) is 8.42 Å². The summed E-state index contributed by atoms with van der Waals surface area (Å²) in [5.74, 6) is 2.05. The number of thioether (sulfide) groups is 2. The largest absolute Gasteiger partial charge is 0.322 e. The summed E-state index contributed by atoms with van der Waals surface area (Å²) < 4.78 is 25.8. The van der Waals surface area contributed by atoms with Crippen molar-refractivity contribution in [3.8, 4) is 0 Å². The molecular weight excluding hydrogens is 400 g/mol. The van der Waals surface area contributed by atoms with Crippen molar-refractivity contribution in [3.63, 3.8) is 0 Å². The normalized spacial score (nSPS) is 15.3. The highest BCUT2D eigenvalue weighted by Gasteiger charge is 2.17. The minimum Gasteiger partial charge on any atom is -0.322 e. The van der Waals surface area contributed by atoms with E-state index in [1.165, 1.54) is 12.0 Å². The predicted octanol–water partition coefficient (Wildman–Crippen LogP) is 4.49. The van der Waals surface area contributed by atoms with Gasteiger partial charge in [-0.1, -0.05) is 18.2 Å². The quantitative estimate of drug-likeness (QED) is 0.743. The van der Waals surface area contributed by atoms with Gasteiger partial charge >= 0.3 is 0 Å². The smallest absolute Gasteiger partial charge is 0.255 e. The molecule has 1 aliphatic heterocycles. The second kappa shape index (κ2) is 8.58. The first-order valence-corrected chi connectivity index (χ1v) is 12.5. The SMILES string of the molecule is Cc1ccc(C(=O)Nc2cccc(C3SCCCS3)c2)cc1NS(C)(=O)=O. The number of anilines is 2. The van der Waals surface area contributed by atoms with Gasteiger partial charge in [-0.2, -0.15) is 0 Å². The van der Waals surface area contributed by atoms with Gasteiger partial charge in [-0.15, -0.1) is 23.5 Å². The van der Waals surface area contributed by atoms with Crippen molar-refractivity contribution >= 4 is 50.8 Å². The Bertz CT molecular complexity index is 939. The maximum atomic E-state index is 12.6. The molecule has 2 aromatic rings. The summed E-state index contributed by atoms with van der Waals surface area (Å²) in [5.41, 5.74) is 3.51. The van der Waals surface area contributed by atoms with Crippen molar-refractivity contribution in [3.05, 3.63) is 59.2 Å². The number of rotatable bonds is 5. The highest BCUT2D eigenvalue weighted by atomic mass is 32.2. The van der Waals surface area contributed by atoms with Crippen molar-refractivity contribution in [2.45, 2.75) is 17.9 Å². The van der Waals surface area contributed by atoms with Crippen molar-refractivity contribution < 1.29 is 13.2 Å². The van der Waals surface area contributed by atoms with Gasteiger partial charge in [0.05, 0.1) is 16.5 Å². The molecule has 1 saturated heterocycles. The number of aryl methyl sites for hydroxylation is 1. The fraction of sp³-hybridized carbons (Fsp3) is 0.316. The number of carbonyl (C=O) groups excluding carboxylic acids is 1. The zero-order chi connectivity index (χ0) is 19.4. The van der Waals surface area contributed by atoms with Gasteiger partial charge in [-0.3, -0.25) is 9.52 Å². The molecule has 2 N–H and O–H groups in total. The average molecular weight is 423 g/mol. The molecule has 0 unspecified atom stereocenters. The topological polar surface area (TPSA) is 75.3 Å². The van der Waals surface area contributed by atoms with Crippen LogP contribution < -0.4 is 10.0 Å². The van der Waals surface area contributed by atoms with Crippen LogP contribution in [0.3, 0.4) is 0 Å². The maximum absolute atomic E-state index is 12.6. The summed E-state index contributed by atoms with van der Waals surface area (Å²) in [5, 5.41) is 2.91. The molecule has 3 rings (SSSR count). The molecule has 1 fully saturated rings. The van der Waals surface area contributed by atoms with E-state index in [-0.39, 0.29) is 5.91 Å². The summed E-state index contributed by atoms with van der Waals surface area (Å²) in [6, 6.07) is 12.9. The van der Waals surface area contributed by atoms with Gasteiger partial charge in [0.15, 0.2) is 0 Å². The Kier molecular flexibility index (Phi) is 6.39. The molecule has 0 atom stereocenters. The van der Waals surface area contributed by atoms with Gasteiger partial charge in [0.1, 0.15) is 0 Å². The van der Waals surface area contributed by atoms with Gasteiger partial charge in [0, 0.05) is 11.3 Å². The number of nitrogens with one attached hydrogen (secondary N) is 2. The van der Waals surface area contributed by atoms with Gasteiger partial charge in [0.2, 0.25) is 10.0 Å². The molecule has 2 aromatic carbocycles. The van der Waals surface area contributed by atoms with Crippen LogP contribution in [-0.4, -0.2) is 32.1 Å².